The van der Waals surface area contributed by atoms with Gasteiger partial charge in [-0.3, -0.25) is 0 Å². The molecule has 0 spiro atoms. The van der Waals surface area contributed by atoms with Crippen molar-refractivity contribution in [2.45, 2.75) is 6.92 Å². The van der Waals surface area contributed by atoms with E-state index in [4.69, 9.17) is 4.52 Å². The second-order valence-corrected chi connectivity index (χ2v) is 4.67. The first-order chi connectivity index (χ1) is 9.54. The number of benzene rings is 1. The molecule has 6 nitrogen and oxygen atoms in total. The highest BCUT2D eigenvalue weighted by Crippen LogP contribution is 2.20. The number of rotatable bonds is 5. The summed E-state index contributed by atoms with van der Waals surface area (Å²) in [5.41, 5.74) is 0.354. The predicted octanol–water partition coefficient (Wildman–Crippen LogP) is 1.12. The largest absolute Gasteiger partial charge is 0.603 e. The topological polar surface area (TPSA) is 84.9 Å². The first-order valence-electron chi connectivity index (χ1n) is 5.78. The second kappa shape index (κ2) is 7.75. The van der Waals surface area contributed by atoms with Gasteiger partial charge in [0.15, 0.2) is 0 Å². The monoisotopic (exact) mass is 298 g/mol. The summed E-state index contributed by atoms with van der Waals surface area (Å²) in [5, 5.41) is 0. The lowest BCUT2D eigenvalue weighted by Gasteiger charge is -2.08. The molecule has 0 fully saturated rings. The molecule has 7 heteroatoms. The lowest BCUT2D eigenvalue weighted by molar-refractivity contribution is -0.171. The van der Waals surface area contributed by atoms with Crippen LogP contribution < -0.4 is 4.89 Å². The predicted molar refractivity (Wildman–Crippen MR) is 72.8 cm³/mol. The highest BCUT2D eigenvalue weighted by Gasteiger charge is 2.22. The molecule has 0 aliphatic rings. The van der Waals surface area contributed by atoms with E-state index >= 15 is 0 Å². The van der Waals surface area contributed by atoms with Gasteiger partial charge in [0.05, 0.1) is 32.0 Å². The molecule has 1 aromatic carbocycles. The maximum absolute atomic E-state index is 11.8. The Morgan fingerprint density at radius 1 is 1.25 bits per heavy atom. The van der Waals surface area contributed by atoms with Crippen molar-refractivity contribution in [1.82, 2.24) is 0 Å². The highest BCUT2D eigenvalue weighted by molar-refractivity contribution is 7.45. The number of hydrogen-bond acceptors (Lipinski definition) is 6. The molecule has 0 N–H and O–H groups in total. The van der Waals surface area contributed by atoms with Crippen LogP contribution in [-0.4, -0.2) is 38.6 Å². The van der Waals surface area contributed by atoms with Crippen LogP contribution in [-0.2, 0) is 14.0 Å². The van der Waals surface area contributed by atoms with E-state index in [1.165, 1.54) is 26.1 Å². The van der Waals surface area contributed by atoms with E-state index in [0.717, 1.165) is 0 Å². The summed E-state index contributed by atoms with van der Waals surface area (Å²) in [6.45, 7) is 1.98. The van der Waals surface area contributed by atoms with Gasteiger partial charge in [-0.2, -0.15) is 4.52 Å². The first kappa shape index (κ1) is 16.3. The van der Waals surface area contributed by atoms with Crippen LogP contribution in [0.15, 0.2) is 18.2 Å². The third-order valence-electron chi connectivity index (χ3n) is 2.39. The van der Waals surface area contributed by atoms with Crippen LogP contribution in [0.1, 0.15) is 33.2 Å². The molecule has 1 atom stereocenters. The van der Waals surface area contributed by atoms with Gasteiger partial charge in [0, 0.05) is 5.56 Å². The summed E-state index contributed by atoms with van der Waals surface area (Å²) >= 11 is 0. The molecule has 0 saturated carbocycles. The Kier molecular flexibility index (Phi) is 6.31. The van der Waals surface area contributed by atoms with Gasteiger partial charge in [0.25, 0.3) is 0 Å². The molecule has 1 aromatic rings. The van der Waals surface area contributed by atoms with Crippen molar-refractivity contribution in [1.29, 1.82) is 0 Å². The van der Waals surface area contributed by atoms with E-state index in [9.17, 15) is 14.5 Å². The van der Waals surface area contributed by atoms with E-state index in [-0.39, 0.29) is 17.7 Å². The standard InChI is InChI=1S/C13H15O6P/c1-4-19-20(16)8-9-6-5-7-10(12(14)17-2)11(9)13(15)18-3/h5-8H,4H2,1-3H3. The van der Waals surface area contributed by atoms with Gasteiger partial charge in [0.1, 0.15) is 5.80 Å². The van der Waals surface area contributed by atoms with Crippen LogP contribution in [0.25, 0.3) is 0 Å². The smallest absolute Gasteiger partial charge is 0.339 e. The van der Waals surface area contributed by atoms with Crippen molar-refractivity contribution < 1.29 is 28.5 Å². The van der Waals surface area contributed by atoms with Crippen molar-refractivity contribution >= 4 is 25.7 Å². The fourth-order valence-corrected chi connectivity index (χ4v) is 2.34. The number of esters is 2. The van der Waals surface area contributed by atoms with Gasteiger partial charge in [-0.15, -0.1) is 0 Å². The maximum Gasteiger partial charge on any atom is 0.339 e. The average Bonchev–Trinajstić information content (AvgIpc) is 2.45. The van der Waals surface area contributed by atoms with Gasteiger partial charge >= 0.3 is 11.9 Å². The molecule has 108 valence electrons. The lowest BCUT2D eigenvalue weighted by atomic mass is 10.0. The number of carbonyl (C=O) groups is 2. The number of hydrogen-bond donors (Lipinski definition) is 0. The molecular weight excluding hydrogens is 283 g/mol. The summed E-state index contributed by atoms with van der Waals surface area (Å²) in [6, 6.07) is 4.54. The fraction of sp³-hybridized carbons (Fsp3) is 0.308. The fourth-order valence-electron chi connectivity index (χ4n) is 1.57. The van der Waals surface area contributed by atoms with E-state index in [1.807, 2.05) is 0 Å². The van der Waals surface area contributed by atoms with Crippen LogP contribution >= 0.6 is 8.00 Å². The zero-order valence-corrected chi connectivity index (χ0v) is 12.3. The van der Waals surface area contributed by atoms with Crippen molar-refractivity contribution in [2.75, 3.05) is 20.8 Å². The van der Waals surface area contributed by atoms with Crippen LogP contribution in [0.4, 0.5) is 0 Å². The summed E-state index contributed by atoms with van der Waals surface area (Å²) in [4.78, 5) is 35.1. The molecule has 0 heterocycles. The summed E-state index contributed by atoms with van der Waals surface area (Å²) in [6.07, 6.45) is 0. The van der Waals surface area contributed by atoms with Crippen LogP contribution in [0, 0.1) is 0 Å². The lowest BCUT2D eigenvalue weighted by Crippen LogP contribution is -2.14. The molecule has 1 rings (SSSR count). The Bertz CT molecular complexity index is 538. The molecular formula is C13H15O6P. The molecule has 1 unspecified atom stereocenters. The van der Waals surface area contributed by atoms with Crippen molar-refractivity contribution in [3.63, 3.8) is 0 Å². The van der Waals surface area contributed by atoms with Gasteiger partial charge in [-0.1, -0.05) is 12.1 Å². The second-order valence-electron chi connectivity index (χ2n) is 3.59. The Labute approximate surface area is 117 Å². The van der Waals surface area contributed by atoms with E-state index < -0.39 is 19.9 Å². The molecule has 0 amide bonds. The van der Waals surface area contributed by atoms with Crippen LogP contribution in [0.5, 0.6) is 0 Å². The average molecular weight is 298 g/mol. The Hall–Kier alpha value is -1.75. The molecule has 0 aliphatic heterocycles. The summed E-state index contributed by atoms with van der Waals surface area (Å²) < 4.78 is 14.2. The summed E-state index contributed by atoms with van der Waals surface area (Å²) in [7, 11) is 0.332. The number of carbonyl (C=O) groups excluding carboxylic acids is 2. The van der Waals surface area contributed by atoms with Crippen molar-refractivity contribution in [2.24, 2.45) is 0 Å². The van der Waals surface area contributed by atoms with Gasteiger partial charge in [-0.25, -0.2) is 9.59 Å². The Morgan fingerprint density at radius 2 is 1.90 bits per heavy atom. The van der Waals surface area contributed by atoms with Crippen LogP contribution in [0.3, 0.4) is 0 Å². The van der Waals surface area contributed by atoms with Gasteiger partial charge in [-0.05, 0) is 13.0 Å². The summed E-state index contributed by atoms with van der Waals surface area (Å²) in [5.74, 6) is -0.109. The van der Waals surface area contributed by atoms with Crippen molar-refractivity contribution in [3.05, 3.63) is 34.9 Å². The molecule has 20 heavy (non-hydrogen) atoms. The Balaban J connectivity index is 3.40. The quantitative estimate of drug-likeness (QED) is 0.598. The third kappa shape index (κ3) is 3.87. The van der Waals surface area contributed by atoms with Crippen molar-refractivity contribution in [3.8, 4) is 0 Å². The molecule has 0 saturated heterocycles. The minimum absolute atomic E-state index is 0.00454. The molecule has 0 aliphatic carbocycles. The van der Waals surface area contributed by atoms with Crippen LogP contribution in [0.2, 0.25) is 0 Å². The zero-order chi connectivity index (χ0) is 15.1. The minimum Gasteiger partial charge on any atom is -0.603 e. The van der Waals surface area contributed by atoms with Gasteiger partial charge < -0.3 is 14.4 Å². The SMILES string of the molecule is CCO[P+]([O-])=Cc1cccc(C(=O)OC)c1C(=O)OC. The van der Waals surface area contributed by atoms with E-state index in [2.05, 4.69) is 9.47 Å². The third-order valence-corrected chi connectivity index (χ3v) is 3.39. The highest BCUT2D eigenvalue weighted by atomic mass is 31.1. The number of methoxy groups -OCH3 is 2. The normalized spacial score (nSPS) is 11.1. The molecule has 0 bridgehead atoms. The van der Waals surface area contributed by atoms with Gasteiger partial charge in [0.2, 0.25) is 8.00 Å². The first-order valence-corrected chi connectivity index (χ1v) is 7.03. The molecule has 0 aromatic heterocycles. The van der Waals surface area contributed by atoms with E-state index in [0.29, 0.717) is 5.56 Å². The molecule has 0 radical (unpaired) electrons. The minimum atomic E-state index is -2.07. The number of ether oxygens (including phenoxy) is 2. The van der Waals surface area contributed by atoms with E-state index in [1.54, 1.807) is 19.1 Å². The Morgan fingerprint density at radius 3 is 2.45 bits per heavy atom. The maximum atomic E-state index is 11.8. The zero-order valence-electron chi connectivity index (χ0n) is 11.4.